The van der Waals surface area contributed by atoms with Gasteiger partial charge in [-0.25, -0.2) is 0 Å². The van der Waals surface area contributed by atoms with Gasteiger partial charge < -0.3 is 14.2 Å². The van der Waals surface area contributed by atoms with E-state index in [0.29, 0.717) is 0 Å². The number of hydrogen-bond acceptors (Lipinski definition) is 4. The van der Waals surface area contributed by atoms with E-state index in [-0.39, 0.29) is 6.04 Å². The molecule has 42 heavy (non-hydrogen) atoms. The zero-order valence-electron chi connectivity index (χ0n) is 24.1. The van der Waals surface area contributed by atoms with Crippen LogP contribution in [0.3, 0.4) is 0 Å². The Morgan fingerprint density at radius 3 is 1.76 bits per heavy atom. The summed E-state index contributed by atoms with van der Waals surface area (Å²) in [6.07, 6.45) is 0. The van der Waals surface area contributed by atoms with Gasteiger partial charge >= 0.3 is 0 Å². The Bertz CT molecular complexity index is 1740. The van der Waals surface area contributed by atoms with Gasteiger partial charge in [0.15, 0.2) is 11.5 Å². The predicted molar refractivity (Wildman–Crippen MR) is 169 cm³/mol. The van der Waals surface area contributed by atoms with Gasteiger partial charge in [0.05, 0.1) is 27.4 Å². The van der Waals surface area contributed by atoms with Gasteiger partial charge in [-0.15, -0.1) is 0 Å². The molecule has 1 unspecified atom stereocenters. The van der Waals surface area contributed by atoms with Crippen molar-refractivity contribution in [2.24, 2.45) is 0 Å². The summed E-state index contributed by atoms with van der Waals surface area (Å²) in [5, 5.41) is 0. The van der Waals surface area contributed by atoms with Crippen molar-refractivity contribution in [1.29, 1.82) is 0 Å². The van der Waals surface area contributed by atoms with E-state index in [1.165, 1.54) is 55.7 Å². The van der Waals surface area contributed by atoms with Crippen LogP contribution in [-0.4, -0.2) is 26.2 Å². The molecule has 0 saturated heterocycles. The second kappa shape index (κ2) is 10.9. The molecule has 2 aliphatic rings. The first-order valence-corrected chi connectivity index (χ1v) is 14.3. The lowest BCUT2D eigenvalue weighted by atomic mass is 9.79. The molecule has 0 amide bonds. The summed E-state index contributed by atoms with van der Waals surface area (Å²) in [4.78, 5) is 2.58. The summed E-state index contributed by atoms with van der Waals surface area (Å²) in [6.45, 7) is 1.56. The molecule has 5 aromatic rings. The Kier molecular flexibility index (Phi) is 6.77. The second-order valence-electron chi connectivity index (χ2n) is 10.8. The maximum Gasteiger partial charge on any atom is 0.161 e. The minimum absolute atomic E-state index is 0.0177. The van der Waals surface area contributed by atoms with Crippen molar-refractivity contribution in [2.75, 3.05) is 21.3 Å². The van der Waals surface area contributed by atoms with Crippen LogP contribution in [0.4, 0.5) is 0 Å². The summed E-state index contributed by atoms with van der Waals surface area (Å²) in [5.41, 5.74) is 12.5. The summed E-state index contributed by atoms with van der Waals surface area (Å²) in [5.74, 6) is 2.33. The summed E-state index contributed by atoms with van der Waals surface area (Å²) >= 11 is 0. The molecule has 0 bridgehead atoms. The van der Waals surface area contributed by atoms with Crippen LogP contribution in [0.2, 0.25) is 0 Å². The van der Waals surface area contributed by atoms with E-state index in [1.54, 1.807) is 21.3 Å². The Morgan fingerprint density at radius 2 is 1.17 bits per heavy atom. The molecular formula is C38H33NO3. The number of methoxy groups -OCH3 is 3. The summed E-state index contributed by atoms with van der Waals surface area (Å²) in [6, 6.07) is 41.2. The molecule has 5 aromatic carbocycles. The molecule has 1 aliphatic carbocycles. The molecule has 208 valence electrons. The van der Waals surface area contributed by atoms with Crippen LogP contribution in [0.25, 0.3) is 22.3 Å². The molecule has 0 fully saturated rings. The number of nitrogens with zero attached hydrogens (tertiary/aromatic N) is 1. The highest BCUT2D eigenvalue weighted by molar-refractivity contribution is 6.11. The van der Waals surface area contributed by atoms with E-state index < -0.39 is 0 Å². The van der Waals surface area contributed by atoms with Gasteiger partial charge in [-0.3, -0.25) is 4.90 Å². The van der Waals surface area contributed by atoms with Crippen LogP contribution in [-0.2, 0) is 13.1 Å². The third kappa shape index (κ3) is 4.36. The SMILES string of the molecule is COc1ccc(C2C(=C3c4ccccc4-c4ccccc43)c3cc(OC)c(OC)cc3CN2Cc2ccccc2)cc1. The molecule has 0 N–H and O–H groups in total. The molecule has 1 aliphatic heterocycles. The van der Waals surface area contributed by atoms with Crippen LogP contribution in [0.1, 0.15) is 39.4 Å². The molecule has 0 aromatic heterocycles. The van der Waals surface area contributed by atoms with Crippen LogP contribution in [0.5, 0.6) is 17.2 Å². The molecule has 4 nitrogen and oxygen atoms in total. The van der Waals surface area contributed by atoms with Gasteiger partial charge in [0, 0.05) is 13.1 Å². The first-order valence-electron chi connectivity index (χ1n) is 14.3. The van der Waals surface area contributed by atoms with Crippen molar-refractivity contribution >= 4 is 11.1 Å². The lowest BCUT2D eigenvalue weighted by Gasteiger charge is -2.41. The molecule has 0 spiro atoms. The lowest BCUT2D eigenvalue weighted by Crippen LogP contribution is -2.33. The third-order valence-electron chi connectivity index (χ3n) is 8.52. The first-order chi connectivity index (χ1) is 20.7. The van der Waals surface area contributed by atoms with Gasteiger partial charge in [0.1, 0.15) is 5.75 Å². The molecule has 0 saturated carbocycles. The fraction of sp³-hybridized carbons (Fsp3) is 0.158. The number of hydrogen-bond donors (Lipinski definition) is 0. The number of ether oxygens (including phenoxy) is 3. The summed E-state index contributed by atoms with van der Waals surface area (Å²) in [7, 11) is 5.13. The van der Waals surface area contributed by atoms with Crippen LogP contribution in [0.15, 0.2) is 115 Å². The van der Waals surface area contributed by atoms with Gasteiger partial charge in [-0.1, -0.05) is 91.0 Å². The largest absolute Gasteiger partial charge is 0.497 e. The van der Waals surface area contributed by atoms with Crippen molar-refractivity contribution < 1.29 is 14.2 Å². The van der Waals surface area contributed by atoms with E-state index in [9.17, 15) is 0 Å². The Morgan fingerprint density at radius 1 is 0.595 bits per heavy atom. The average molecular weight is 552 g/mol. The van der Waals surface area contributed by atoms with Crippen molar-refractivity contribution in [3.63, 3.8) is 0 Å². The van der Waals surface area contributed by atoms with E-state index in [2.05, 4.69) is 120 Å². The van der Waals surface area contributed by atoms with Crippen molar-refractivity contribution in [3.05, 3.63) is 149 Å². The van der Waals surface area contributed by atoms with E-state index >= 15 is 0 Å². The van der Waals surface area contributed by atoms with Crippen LogP contribution >= 0.6 is 0 Å². The van der Waals surface area contributed by atoms with Crippen molar-refractivity contribution in [1.82, 2.24) is 4.90 Å². The smallest absolute Gasteiger partial charge is 0.161 e. The molecule has 0 radical (unpaired) electrons. The molecule has 4 heteroatoms. The number of rotatable bonds is 6. The number of fused-ring (bicyclic) bond motifs is 4. The minimum Gasteiger partial charge on any atom is -0.497 e. The Labute approximate surface area is 247 Å². The van der Waals surface area contributed by atoms with Gasteiger partial charge in [-0.05, 0) is 79.9 Å². The maximum atomic E-state index is 5.87. The summed E-state index contributed by atoms with van der Waals surface area (Å²) < 4.78 is 17.2. The predicted octanol–water partition coefficient (Wildman–Crippen LogP) is 8.41. The maximum absolute atomic E-state index is 5.87. The van der Waals surface area contributed by atoms with Crippen LogP contribution < -0.4 is 14.2 Å². The van der Waals surface area contributed by atoms with Crippen molar-refractivity contribution in [2.45, 2.75) is 19.1 Å². The Hall–Kier alpha value is -4.80. The highest BCUT2D eigenvalue weighted by atomic mass is 16.5. The van der Waals surface area contributed by atoms with Crippen molar-refractivity contribution in [3.8, 4) is 28.4 Å². The highest BCUT2D eigenvalue weighted by Gasteiger charge is 2.38. The normalized spacial score (nSPS) is 15.5. The zero-order chi connectivity index (χ0) is 28.6. The Balaban J connectivity index is 1.57. The second-order valence-corrected chi connectivity index (χ2v) is 10.8. The molecular weight excluding hydrogens is 518 g/mol. The molecule has 1 atom stereocenters. The van der Waals surface area contributed by atoms with Gasteiger partial charge in [0.25, 0.3) is 0 Å². The van der Waals surface area contributed by atoms with E-state index in [0.717, 1.165) is 30.3 Å². The van der Waals surface area contributed by atoms with Gasteiger partial charge in [-0.2, -0.15) is 0 Å². The first kappa shape index (κ1) is 26.1. The highest BCUT2D eigenvalue weighted by Crippen LogP contribution is 2.54. The van der Waals surface area contributed by atoms with Gasteiger partial charge in [0.2, 0.25) is 0 Å². The standard InChI is InChI=1S/C38H33NO3/c1-40-28-19-17-26(18-20-28)38-37(36-31-15-9-7-13-29(31)30-14-8-10-16-32(30)36)33-22-35(42-3)34(41-2)21-27(33)24-39(38)23-25-11-5-4-6-12-25/h4-22,38H,23-24H2,1-3H3. The van der Waals surface area contributed by atoms with Crippen LogP contribution in [0, 0.1) is 0 Å². The average Bonchev–Trinajstić information content (AvgIpc) is 3.38. The fourth-order valence-corrected chi connectivity index (χ4v) is 6.65. The zero-order valence-corrected chi connectivity index (χ0v) is 24.1. The fourth-order valence-electron chi connectivity index (χ4n) is 6.65. The number of benzene rings is 5. The molecule has 1 heterocycles. The third-order valence-corrected chi connectivity index (χ3v) is 8.52. The van der Waals surface area contributed by atoms with E-state index in [1.807, 2.05) is 0 Å². The topological polar surface area (TPSA) is 30.9 Å². The monoisotopic (exact) mass is 551 g/mol. The van der Waals surface area contributed by atoms with E-state index in [4.69, 9.17) is 14.2 Å². The molecule has 7 rings (SSSR count). The quantitative estimate of drug-likeness (QED) is 0.208. The lowest BCUT2D eigenvalue weighted by molar-refractivity contribution is 0.210. The minimum atomic E-state index is -0.0177.